The molecule has 6 unspecified atom stereocenters. The molecule has 13 heteroatoms. The number of carbonyl (C=O) groups is 2. The van der Waals surface area contributed by atoms with E-state index < -0.39 is 71.2 Å². The Morgan fingerprint density at radius 2 is 1.07 bits per heavy atom. The lowest BCUT2D eigenvalue weighted by atomic mass is 10.00. The molecule has 0 spiro atoms. The van der Waals surface area contributed by atoms with Crippen LogP contribution in [-0.2, 0) is 38.7 Å². The van der Waals surface area contributed by atoms with Crippen LogP contribution in [0.3, 0.4) is 0 Å². The number of hydrogen-bond acceptors (Lipinski definition) is 11. The van der Waals surface area contributed by atoms with Crippen LogP contribution in [0.4, 0.5) is 0 Å². The first-order valence-electron chi connectivity index (χ1n) is 21.4. The first-order valence-corrected chi connectivity index (χ1v) is 23.0. The third-order valence-corrected chi connectivity index (χ3v) is 10.5. The first-order chi connectivity index (χ1) is 26.5. The number of hydrogen-bond donors (Lipinski definition) is 4. The summed E-state index contributed by atoms with van der Waals surface area (Å²) >= 11 is 0. The Labute approximate surface area is 332 Å². The highest BCUT2D eigenvalue weighted by Crippen LogP contribution is 2.24. The summed E-state index contributed by atoms with van der Waals surface area (Å²) in [5.74, 6) is -2.00. The number of esters is 2. The molecule has 0 amide bonds. The van der Waals surface area contributed by atoms with Gasteiger partial charge in [0.2, 0.25) is 0 Å². The SMILES string of the molecule is CCC/C=C\CCCCCCCC(=O)OCC(COC1OC(CS(=O)(=O)O)C(O)C(O)C1O)OC(=O)CCCCCCCCC/C=C\CCCCCCCC. The van der Waals surface area contributed by atoms with Gasteiger partial charge in [-0.25, -0.2) is 0 Å². The van der Waals surface area contributed by atoms with Crippen LogP contribution in [0.5, 0.6) is 0 Å². The maximum Gasteiger partial charge on any atom is 0.306 e. The molecule has 12 nitrogen and oxygen atoms in total. The molecule has 0 aliphatic carbocycles. The highest BCUT2D eigenvalue weighted by molar-refractivity contribution is 7.85. The molecule has 1 aliphatic heterocycles. The second kappa shape index (κ2) is 33.1. The number of aliphatic hydroxyl groups is 3. The quantitative estimate of drug-likeness (QED) is 0.0209. The van der Waals surface area contributed by atoms with Gasteiger partial charge in [-0.2, -0.15) is 8.42 Å². The van der Waals surface area contributed by atoms with Crippen molar-refractivity contribution in [3.05, 3.63) is 24.3 Å². The molecule has 1 saturated heterocycles. The van der Waals surface area contributed by atoms with Crippen molar-refractivity contribution in [3.63, 3.8) is 0 Å². The normalized spacial score (nSPS) is 21.0. The maximum absolute atomic E-state index is 12.8. The Balaban J connectivity index is 2.46. The Morgan fingerprint density at radius 3 is 1.58 bits per heavy atom. The lowest BCUT2D eigenvalue weighted by Crippen LogP contribution is -2.60. The summed E-state index contributed by atoms with van der Waals surface area (Å²) in [6, 6.07) is 0. The maximum atomic E-state index is 12.8. The summed E-state index contributed by atoms with van der Waals surface area (Å²) in [6.45, 7) is 3.67. The molecule has 0 aromatic carbocycles. The number of allylic oxidation sites excluding steroid dienone is 4. The van der Waals surface area contributed by atoms with E-state index in [9.17, 15) is 37.9 Å². The summed E-state index contributed by atoms with van der Waals surface area (Å²) in [6.07, 6.45) is 25.2. The van der Waals surface area contributed by atoms with Crippen LogP contribution >= 0.6 is 0 Å². The van der Waals surface area contributed by atoms with Gasteiger partial charge < -0.3 is 34.3 Å². The van der Waals surface area contributed by atoms with Gasteiger partial charge in [0.25, 0.3) is 10.1 Å². The predicted molar refractivity (Wildman–Crippen MR) is 215 cm³/mol. The predicted octanol–water partition coefficient (Wildman–Crippen LogP) is 8.06. The molecule has 322 valence electrons. The molecule has 0 saturated carbocycles. The minimum atomic E-state index is -4.60. The van der Waals surface area contributed by atoms with Crippen molar-refractivity contribution < 1.29 is 56.8 Å². The summed E-state index contributed by atoms with van der Waals surface area (Å²) in [7, 11) is -4.60. The van der Waals surface area contributed by atoms with Gasteiger partial charge in [-0.05, 0) is 57.8 Å². The number of carbonyl (C=O) groups excluding carboxylic acids is 2. The van der Waals surface area contributed by atoms with E-state index in [0.29, 0.717) is 12.8 Å². The lowest BCUT2D eigenvalue weighted by molar-refractivity contribution is -0.297. The van der Waals surface area contributed by atoms with E-state index >= 15 is 0 Å². The molecule has 55 heavy (non-hydrogen) atoms. The van der Waals surface area contributed by atoms with Crippen LogP contribution in [0.25, 0.3) is 0 Å². The van der Waals surface area contributed by atoms with Gasteiger partial charge in [0.15, 0.2) is 12.4 Å². The molecule has 1 rings (SSSR count). The molecule has 1 heterocycles. The van der Waals surface area contributed by atoms with Crippen LogP contribution in [0, 0.1) is 0 Å². The minimum absolute atomic E-state index is 0.159. The van der Waals surface area contributed by atoms with E-state index in [2.05, 4.69) is 38.2 Å². The van der Waals surface area contributed by atoms with Gasteiger partial charge in [0, 0.05) is 12.8 Å². The standard InChI is InChI=1S/C42H76O12S/c1-3-5-7-9-11-13-15-16-17-18-19-20-21-23-25-27-29-31-38(44)53-35(32-51-37(43)30-28-26-24-22-14-12-10-8-6-4-2)33-52-42-41(47)40(46)39(45)36(54-42)34-55(48,49)50/h8,10,16-17,35-36,39-42,45-47H,3-7,9,11-15,18-34H2,1-2H3,(H,48,49,50)/b10-8-,17-16-. The van der Waals surface area contributed by atoms with Crippen LogP contribution in [0.1, 0.15) is 174 Å². The van der Waals surface area contributed by atoms with Crippen molar-refractivity contribution >= 4 is 22.1 Å². The van der Waals surface area contributed by atoms with Crippen LogP contribution in [0.15, 0.2) is 24.3 Å². The Morgan fingerprint density at radius 1 is 0.600 bits per heavy atom. The fourth-order valence-electron chi connectivity index (χ4n) is 6.38. The largest absolute Gasteiger partial charge is 0.462 e. The van der Waals surface area contributed by atoms with E-state index in [1.54, 1.807) is 0 Å². The topological polar surface area (TPSA) is 186 Å². The van der Waals surface area contributed by atoms with E-state index in [1.807, 2.05) is 0 Å². The fourth-order valence-corrected chi connectivity index (χ4v) is 7.07. The second-order valence-corrected chi connectivity index (χ2v) is 16.5. The van der Waals surface area contributed by atoms with Gasteiger partial charge in [-0.15, -0.1) is 0 Å². The second-order valence-electron chi connectivity index (χ2n) is 15.0. The molecule has 0 aromatic rings. The van der Waals surface area contributed by atoms with E-state index in [1.165, 1.54) is 57.8 Å². The monoisotopic (exact) mass is 805 g/mol. The van der Waals surface area contributed by atoms with Gasteiger partial charge in [0.05, 0.1) is 6.61 Å². The third-order valence-electron chi connectivity index (χ3n) is 9.73. The zero-order valence-electron chi connectivity index (χ0n) is 34.0. The summed E-state index contributed by atoms with van der Waals surface area (Å²) < 4.78 is 53.9. The van der Waals surface area contributed by atoms with Gasteiger partial charge in [-0.3, -0.25) is 14.1 Å². The zero-order valence-corrected chi connectivity index (χ0v) is 34.9. The molecular weight excluding hydrogens is 729 g/mol. The summed E-state index contributed by atoms with van der Waals surface area (Å²) in [5, 5.41) is 30.8. The van der Waals surface area contributed by atoms with Crippen molar-refractivity contribution in [1.29, 1.82) is 0 Å². The van der Waals surface area contributed by atoms with Crippen LogP contribution in [0.2, 0.25) is 0 Å². The van der Waals surface area contributed by atoms with Crippen molar-refractivity contribution in [2.24, 2.45) is 0 Å². The van der Waals surface area contributed by atoms with Crippen LogP contribution < -0.4 is 0 Å². The van der Waals surface area contributed by atoms with Crippen molar-refractivity contribution in [3.8, 4) is 0 Å². The number of aliphatic hydroxyl groups excluding tert-OH is 3. The molecule has 0 aromatic heterocycles. The molecular formula is C42H76O12S. The Kier molecular flexibility index (Phi) is 30.8. The zero-order chi connectivity index (χ0) is 40.6. The fraction of sp³-hybridized carbons (Fsp3) is 0.857. The molecule has 0 bridgehead atoms. The number of rotatable bonds is 35. The van der Waals surface area contributed by atoms with Gasteiger partial charge in [-0.1, -0.05) is 128 Å². The van der Waals surface area contributed by atoms with E-state index in [0.717, 1.165) is 77.0 Å². The highest BCUT2D eigenvalue weighted by Gasteiger charge is 2.46. The Bertz CT molecular complexity index is 1130. The van der Waals surface area contributed by atoms with Gasteiger partial charge in [0.1, 0.15) is 36.8 Å². The first kappa shape index (κ1) is 51.1. The average Bonchev–Trinajstić information content (AvgIpc) is 3.14. The molecule has 0 radical (unpaired) electrons. The average molecular weight is 805 g/mol. The van der Waals surface area contributed by atoms with Crippen LogP contribution in [-0.4, -0.2) is 96.0 Å². The third kappa shape index (κ3) is 28.2. The Hall–Kier alpha value is -1.87. The van der Waals surface area contributed by atoms with E-state index in [4.69, 9.17) is 18.9 Å². The number of unbranched alkanes of at least 4 members (excludes halogenated alkanes) is 19. The molecule has 1 fully saturated rings. The van der Waals surface area contributed by atoms with Crippen molar-refractivity contribution in [1.82, 2.24) is 0 Å². The van der Waals surface area contributed by atoms with E-state index in [-0.39, 0.29) is 19.4 Å². The minimum Gasteiger partial charge on any atom is -0.462 e. The number of ether oxygens (including phenoxy) is 4. The summed E-state index contributed by atoms with van der Waals surface area (Å²) in [5.41, 5.74) is 0. The van der Waals surface area contributed by atoms with Crippen molar-refractivity contribution in [2.45, 2.75) is 211 Å². The smallest absolute Gasteiger partial charge is 0.306 e. The molecule has 6 atom stereocenters. The molecule has 1 aliphatic rings. The van der Waals surface area contributed by atoms with Crippen molar-refractivity contribution in [2.75, 3.05) is 19.0 Å². The van der Waals surface area contributed by atoms with Gasteiger partial charge >= 0.3 is 11.9 Å². The molecule has 4 N–H and O–H groups in total. The highest BCUT2D eigenvalue weighted by atomic mass is 32.2. The lowest BCUT2D eigenvalue weighted by Gasteiger charge is -2.40. The summed E-state index contributed by atoms with van der Waals surface area (Å²) in [4.78, 5) is 25.3.